The molecule has 0 radical (unpaired) electrons. The number of esters is 1. The Morgan fingerprint density at radius 2 is 2.21 bits per heavy atom. The van der Waals surface area contributed by atoms with E-state index in [0.29, 0.717) is 12.5 Å². The molecule has 1 heterocycles. The van der Waals surface area contributed by atoms with E-state index in [0.717, 1.165) is 32.5 Å². The summed E-state index contributed by atoms with van der Waals surface area (Å²) in [5, 5.41) is 0. The highest BCUT2D eigenvalue weighted by Gasteiger charge is 2.27. The van der Waals surface area contributed by atoms with Crippen LogP contribution >= 0.6 is 0 Å². The number of hydrogen-bond donors (Lipinski definition) is 0. The summed E-state index contributed by atoms with van der Waals surface area (Å²) in [6.45, 7) is 6.08. The van der Waals surface area contributed by atoms with E-state index in [1.165, 1.54) is 0 Å². The van der Waals surface area contributed by atoms with Crippen LogP contribution in [0.25, 0.3) is 0 Å². The average molecular weight is 200 g/mol. The summed E-state index contributed by atoms with van der Waals surface area (Å²) in [5.41, 5.74) is 0. The van der Waals surface area contributed by atoms with E-state index in [1.54, 1.807) is 0 Å². The minimum absolute atomic E-state index is 0.0266. The van der Waals surface area contributed by atoms with Gasteiger partial charge in [-0.05, 0) is 19.8 Å². The molecule has 1 fully saturated rings. The quantitative estimate of drug-likeness (QED) is 0.615. The number of ether oxygens (including phenoxy) is 2. The van der Waals surface area contributed by atoms with Gasteiger partial charge in [-0.3, -0.25) is 4.79 Å². The van der Waals surface area contributed by atoms with Gasteiger partial charge < -0.3 is 9.47 Å². The number of rotatable bonds is 6. The highest BCUT2D eigenvalue weighted by atomic mass is 16.5. The van der Waals surface area contributed by atoms with Crippen LogP contribution in [0.15, 0.2) is 0 Å². The molecule has 0 aliphatic carbocycles. The molecule has 1 aliphatic heterocycles. The van der Waals surface area contributed by atoms with Crippen molar-refractivity contribution in [1.82, 2.24) is 0 Å². The average Bonchev–Trinajstić information content (AvgIpc) is 2.09. The third-order valence-electron chi connectivity index (χ3n) is 2.58. The predicted molar refractivity (Wildman–Crippen MR) is 54.0 cm³/mol. The van der Waals surface area contributed by atoms with Gasteiger partial charge in [-0.15, -0.1) is 0 Å². The summed E-state index contributed by atoms with van der Waals surface area (Å²) in [7, 11) is 0. The molecule has 1 aliphatic rings. The fourth-order valence-corrected chi connectivity index (χ4v) is 1.76. The summed E-state index contributed by atoms with van der Waals surface area (Å²) in [5.74, 6) is 0.644. The molecular weight excluding hydrogens is 180 g/mol. The number of carbonyl (C=O) groups excluding carboxylic acids is 1. The summed E-state index contributed by atoms with van der Waals surface area (Å²) in [6, 6.07) is 0. The van der Waals surface area contributed by atoms with Crippen LogP contribution in [-0.2, 0) is 14.3 Å². The second-order valence-corrected chi connectivity index (χ2v) is 3.88. The molecule has 1 atom stereocenters. The lowest BCUT2D eigenvalue weighted by Crippen LogP contribution is -2.32. The van der Waals surface area contributed by atoms with E-state index in [1.807, 2.05) is 6.92 Å². The second kappa shape index (κ2) is 6.02. The van der Waals surface area contributed by atoms with E-state index in [4.69, 9.17) is 9.47 Å². The van der Waals surface area contributed by atoms with Gasteiger partial charge in [-0.25, -0.2) is 0 Å². The number of carbonyl (C=O) groups is 1. The first-order valence-electron chi connectivity index (χ1n) is 5.52. The summed E-state index contributed by atoms with van der Waals surface area (Å²) < 4.78 is 10.1. The van der Waals surface area contributed by atoms with Gasteiger partial charge in [-0.1, -0.05) is 13.3 Å². The van der Waals surface area contributed by atoms with Crippen molar-refractivity contribution in [2.45, 2.75) is 33.1 Å². The molecule has 14 heavy (non-hydrogen) atoms. The van der Waals surface area contributed by atoms with Crippen LogP contribution in [0.3, 0.4) is 0 Å². The SMILES string of the molecule is CCCC(CC1COC1)C(=O)OCC. The van der Waals surface area contributed by atoms with Gasteiger partial charge in [0.1, 0.15) is 0 Å². The Hall–Kier alpha value is -0.570. The molecule has 1 unspecified atom stereocenters. The van der Waals surface area contributed by atoms with Crippen LogP contribution < -0.4 is 0 Å². The molecule has 1 saturated heterocycles. The van der Waals surface area contributed by atoms with Crippen LogP contribution in [0.1, 0.15) is 33.1 Å². The van der Waals surface area contributed by atoms with Crippen molar-refractivity contribution in [1.29, 1.82) is 0 Å². The highest BCUT2D eigenvalue weighted by Crippen LogP contribution is 2.24. The molecule has 3 heteroatoms. The summed E-state index contributed by atoms with van der Waals surface area (Å²) >= 11 is 0. The minimum atomic E-state index is -0.0266. The topological polar surface area (TPSA) is 35.5 Å². The zero-order valence-corrected chi connectivity index (χ0v) is 9.12. The first kappa shape index (κ1) is 11.5. The van der Waals surface area contributed by atoms with Crippen molar-refractivity contribution < 1.29 is 14.3 Å². The lowest BCUT2D eigenvalue weighted by molar-refractivity contribution is -0.150. The minimum Gasteiger partial charge on any atom is -0.466 e. The van der Waals surface area contributed by atoms with E-state index in [9.17, 15) is 4.79 Å². The molecule has 0 aromatic carbocycles. The van der Waals surface area contributed by atoms with Gasteiger partial charge >= 0.3 is 5.97 Å². The maximum atomic E-state index is 11.5. The molecule has 0 amide bonds. The summed E-state index contributed by atoms with van der Waals surface area (Å²) in [6.07, 6.45) is 2.92. The first-order valence-corrected chi connectivity index (χ1v) is 5.52. The van der Waals surface area contributed by atoms with Gasteiger partial charge in [-0.2, -0.15) is 0 Å². The molecule has 0 saturated carbocycles. The largest absolute Gasteiger partial charge is 0.466 e. The normalized spacial score (nSPS) is 18.7. The second-order valence-electron chi connectivity index (χ2n) is 3.88. The Kier molecular flexibility index (Phi) is 4.94. The van der Waals surface area contributed by atoms with Crippen molar-refractivity contribution >= 4 is 5.97 Å². The molecule has 0 N–H and O–H groups in total. The maximum absolute atomic E-state index is 11.5. The lowest BCUT2D eigenvalue weighted by Gasteiger charge is -2.28. The molecule has 0 aromatic rings. The molecular formula is C11H20O3. The standard InChI is InChI=1S/C11H20O3/c1-3-5-10(11(12)14-4-2)6-9-7-13-8-9/h9-10H,3-8H2,1-2H3. The van der Waals surface area contributed by atoms with Crippen molar-refractivity contribution in [3.8, 4) is 0 Å². The fraction of sp³-hybridized carbons (Fsp3) is 0.909. The van der Waals surface area contributed by atoms with E-state index in [-0.39, 0.29) is 11.9 Å². The number of hydrogen-bond acceptors (Lipinski definition) is 3. The molecule has 1 rings (SSSR count). The van der Waals surface area contributed by atoms with Crippen molar-refractivity contribution in [3.63, 3.8) is 0 Å². The van der Waals surface area contributed by atoms with Crippen molar-refractivity contribution in [2.24, 2.45) is 11.8 Å². The highest BCUT2D eigenvalue weighted by molar-refractivity contribution is 5.72. The van der Waals surface area contributed by atoms with Crippen molar-refractivity contribution in [2.75, 3.05) is 19.8 Å². The zero-order chi connectivity index (χ0) is 10.4. The van der Waals surface area contributed by atoms with Crippen LogP contribution in [0.4, 0.5) is 0 Å². The van der Waals surface area contributed by atoms with Gasteiger partial charge in [0.2, 0.25) is 0 Å². The predicted octanol–water partition coefficient (Wildman–Crippen LogP) is 2.00. The Labute approximate surface area is 85.8 Å². The Morgan fingerprint density at radius 3 is 2.64 bits per heavy atom. The molecule has 82 valence electrons. The molecule has 3 nitrogen and oxygen atoms in total. The van der Waals surface area contributed by atoms with E-state index in [2.05, 4.69) is 6.92 Å². The first-order chi connectivity index (χ1) is 6.77. The van der Waals surface area contributed by atoms with E-state index >= 15 is 0 Å². The van der Waals surface area contributed by atoms with Gasteiger partial charge in [0.25, 0.3) is 0 Å². The third-order valence-corrected chi connectivity index (χ3v) is 2.58. The fourth-order valence-electron chi connectivity index (χ4n) is 1.76. The van der Waals surface area contributed by atoms with E-state index < -0.39 is 0 Å². The summed E-state index contributed by atoms with van der Waals surface area (Å²) in [4.78, 5) is 11.5. The Bertz CT molecular complexity index is 175. The Balaban J connectivity index is 2.32. The van der Waals surface area contributed by atoms with Crippen LogP contribution in [-0.4, -0.2) is 25.8 Å². The van der Waals surface area contributed by atoms with Crippen molar-refractivity contribution in [3.05, 3.63) is 0 Å². The maximum Gasteiger partial charge on any atom is 0.308 e. The molecule has 0 spiro atoms. The smallest absolute Gasteiger partial charge is 0.308 e. The molecule has 0 bridgehead atoms. The zero-order valence-electron chi connectivity index (χ0n) is 9.12. The van der Waals surface area contributed by atoms with Gasteiger partial charge in [0.05, 0.1) is 25.7 Å². The molecule has 0 aromatic heterocycles. The van der Waals surface area contributed by atoms with Gasteiger partial charge in [0, 0.05) is 5.92 Å². The third kappa shape index (κ3) is 3.29. The monoisotopic (exact) mass is 200 g/mol. The van der Waals surface area contributed by atoms with Crippen LogP contribution in [0, 0.1) is 11.8 Å². The van der Waals surface area contributed by atoms with Crippen LogP contribution in [0.5, 0.6) is 0 Å². The van der Waals surface area contributed by atoms with Gasteiger partial charge in [0.15, 0.2) is 0 Å². The Morgan fingerprint density at radius 1 is 1.50 bits per heavy atom. The van der Waals surface area contributed by atoms with Crippen LogP contribution in [0.2, 0.25) is 0 Å². The lowest BCUT2D eigenvalue weighted by atomic mass is 9.90.